The minimum absolute atomic E-state index is 0.222. The smallest absolute Gasteiger partial charge is 0.241 e. The largest absolute Gasteiger partial charge is 0.249 e. The summed E-state index contributed by atoms with van der Waals surface area (Å²) in [5.74, 6) is -0.781. The summed E-state index contributed by atoms with van der Waals surface area (Å²) in [5, 5.41) is 3.83. The molecule has 1 aromatic heterocycles. The van der Waals surface area contributed by atoms with E-state index in [0.717, 1.165) is 30.4 Å². The highest BCUT2D eigenvalue weighted by Crippen LogP contribution is 2.24. The molecule has 18 heavy (non-hydrogen) atoms. The van der Waals surface area contributed by atoms with Crippen molar-refractivity contribution in [3.05, 3.63) is 11.6 Å². The summed E-state index contributed by atoms with van der Waals surface area (Å²) in [7, 11) is -2.34. The molecule has 0 atom stereocenters. The number of sulfonamides is 1. The quantitative estimate of drug-likeness (QED) is 0.820. The van der Waals surface area contributed by atoms with Crippen LogP contribution in [-0.4, -0.2) is 35.6 Å². The maximum Gasteiger partial charge on any atom is 0.249 e. The average Bonchev–Trinajstić information content (AvgIpc) is 2.51. The summed E-state index contributed by atoms with van der Waals surface area (Å²) in [4.78, 5) is -0.271. The molecule has 1 aromatic rings. The van der Waals surface area contributed by atoms with Crippen LogP contribution in [0.3, 0.4) is 0 Å². The van der Waals surface area contributed by atoms with E-state index in [0.29, 0.717) is 13.1 Å². The van der Waals surface area contributed by atoms with Gasteiger partial charge in [0, 0.05) is 20.1 Å². The Bertz CT molecular complexity index is 531. The molecule has 1 saturated heterocycles. The van der Waals surface area contributed by atoms with Gasteiger partial charge in [-0.15, -0.1) is 0 Å². The number of rotatable bonds is 2. The second-order valence-corrected chi connectivity index (χ2v) is 6.52. The molecule has 102 valence electrons. The molecular weight excluding hydrogens is 257 g/mol. The van der Waals surface area contributed by atoms with Crippen LogP contribution in [0.1, 0.15) is 31.4 Å². The van der Waals surface area contributed by atoms with Crippen molar-refractivity contribution in [1.82, 2.24) is 14.1 Å². The molecule has 0 saturated carbocycles. The van der Waals surface area contributed by atoms with Crippen LogP contribution in [0, 0.1) is 12.9 Å². The van der Waals surface area contributed by atoms with Gasteiger partial charge in [0.25, 0.3) is 0 Å². The molecule has 1 aliphatic heterocycles. The Morgan fingerprint density at radius 1 is 1.17 bits per heavy atom. The van der Waals surface area contributed by atoms with E-state index in [1.807, 2.05) is 0 Å². The van der Waals surface area contributed by atoms with Gasteiger partial charge in [-0.2, -0.15) is 13.8 Å². The van der Waals surface area contributed by atoms with E-state index in [4.69, 9.17) is 0 Å². The molecule has 0 spiro atoms. The lowest BCUT2D eigenvalue weighted by Crippen LogP contribution is -2.32. The zero-order valence-electron chi connectivity index (χ0n) is 10.7. The van der Waals surface area contributed by atoms with E-state index in [1.54, 1.807) is 0 Å². The Morgan fingerprint density at radius 3 is 2.17 bits per heavy atom. The highest BCUT2D eigenvalue weighted by atomic mass is 32.2. The zero-order chi connectivity index (χ0) is 13.3. The van der Waals surface area contributed by atoms with Gasteiger partial charge in [0.15, 0.2) is 4.90 Å². The van der Waals surface area contributed by atoms with Crippen LogP contribution in [0.4, 0.5) is 4.39 Å². The Kier molecular flexibility index (Phi) is 3.72. The summed E-state index contributed by atoms with van der Waals surface area (Å²) < 4.78 is 41.1. The van der Waals surface area contributed by atoms with Gasteiger partial charge < -0.3 is 0 Å². The lowest BCUT2D eigenvalue weighted by molar-refractivity contribution is 0.415. The standard InChI is InChI=1S/C11H18FN3O2S/c1-9-10(11(12)14(2)13-9)18(16,17)15-7-5-3-4-6-8-15/h3-8H2,1-2H3. The lowest BCUT2D eigenvalue weighted by atomic mass is 10.2. The first-order valence-electron chi connectivity index (χ1n) is 6.14. The summed E-state index contributed by atoms with van der Waals surface area (Å²) in [6, 6.07) is 0. The fraction of sp³-hybridized carbons (Fsp3) is 0.727. The maximum atomic E-state index is 13.9. The second kappa shape index (κ2) is 4.97. The molecule has 0 amide bonds. The van der Waals surface area contributed by atoms with E-state index in [2.05, 4.69) is 5.10 Å². The number of halogens is 1. The first-order valence-corrected chi connectivity index (χ1v) is 7.58. The van der Waals surface area contributed by atoms with Gasteiger partial charge in [-0.25, -0.2) is 13.1 Å². The van der Waals surface area contributed by atoms with Crippen LogP contribution in [0.25, 0.3) is 0 Å². The molecule has 0 unspecified atom stereocenters. The van der Waals surface area contributed by atoms with E-state index in [1.165, 1.54) is 18.3 Å². The van der Waals surface area contributed by atoms with Crippen LogP contribution in [-0.2, 0) is 17.1 Å². The van der Waals surface area contributed by atoms with Crippen molar-refractivity contribution in [1.29, 1.82) is 0 Å². The Hall–Kier alpha value is -0.950. The first-order chi connectivity index (χ1) is 8.44. The Balaban J connectivity index is 2.40. The predicted molar refractivity (Wildman–Crippen MR) is 65.1 cm³/mol. The van der Waals surface area contributed by atoms with Gasteiger partial charge in [-0.3, -0.25) is 0 Å². The van der Waals surface area contributed by atoms with Crippen LogP contribution in [0.5, 0.6) is 0 Å². The fourth-order valence-electron chi connectivity index (χ4n) is 2.31. The number of nitrogens with zero attached hydrogens (tertiary/aromatic N) is 3. The normalized spacial score (nSPS) is 18.8. The van der Waals surface area contributed by atoms with Crippen molar-refractivity contribution in [2.45, 2.75) is 37.5 Å². The van der Waals surface area contributed by atoms with Crippen molar-refractivity contribution in [2.75, 3.05) is 13.1 Å². The highest BCUT2D eigenvalue weighted by molar-refractivity contribution is 7.89. The minimum atomic E-state index is -3.75. The van der Waals surface area contributed by atoms with Crippen molar-refractivity contribution >= 4 is 10.0 Å². The molecule has 2 heterocycles. The topological polar surface area (TPSA) is 55.2 Å². The second-order valence-electron chi connectivity index (χ2n) is 4.65. The zero-order valence-corrected chi connectivity index (χ0v) is 11.5. The van der Waals surface area contributed by atoms with E-state index in [9.17, 15) is 12.8 Å². The molecule has 0 aliphatic carbocycles. The molecule has 0 bridgehead atoms. The van der Waals surface area contributed by atoms with Gasteiger partial charge in [0.05, 0.1) is 5.69 Å². The molecule has 1 fully saturated rings. The first kappa shape index (κ1) is 13.5. The summed E-state index contributed by atoms with van der Waals surface area (Å²) >= 11 is 0. The molecular formula is C11H18FN3O2S. The van der Waals surface area contributed by atoms with Crippen molar-refractivity contribution in [3.63, 3.8) is 0 Å². The van der Waals surface area contributed by atoms with Crippen molar-refractivity contribution in [3.8, 4) is 0 Å². The lowest BCUT2D eigenvalue weighted by Gasteiger charge is -2.19. The average molecular weight is 275 g/mol. The van der Waals surface area contributed by atoms with Gasteiger partial charge in [-0.05, 0) is 19.8 Å². The van der Waals surface area contributed by atoms with Gasteiger partial charge in [-0.1, -0.05) is 12.8 Å². The van der Waals surface area contributed by atoms with E-state index < -0.39 is 16.0 Å². The van der Waals surface area contributed by atoms with Crippen molar-refractivity contribution < 1.29 is 12.8 Å². The number of hydrogen-bond acceptors (Lipinski definition) is 3. The third-order valence-electron chi connectivity index (χ3n) is 3.26. The highest BCUT2D eigenvalue weighted by Gasteiger charge is 2.32. The predicted octanol–water partition coefficient (Wildman–Crippen LogP) is 1.43. The van der Waals surface area contributed by atoms with Gasteiger partial charge >= 0.3 is 0 Å². The molecule has 1 aliphatic rings. The van der Waals surface area contributed by atoms with Gasteiger partial charge in [0.2, 0.25) is 16.0 Å². The van der Waals surface area contributed by atoms with Crippen LogP contribution >= 0.6 is 0 Å². The summed E-state index contributed by atoms with van der Waals surface area (Å²) in [6.45, 7) is 2.46. The molecule has 7 heteroatoms. The summed E-state index contributed by atoms with van der Waals surface area (Å²) in [5.41, 5.74) is 0.222. The SMILES string of the molecule is Cc1nn(C)c(F)c1S(=O)(=O)N1CCCCCC1. The molecule has 0 radical (unpaired) electrons. The maximum absolute atomic E-state index is 13.9. The molecule has 0 aromatic carbocycles. The van der Waals surface area contributed by atoms with Gasteiger partial charge in [0.1, 0.15) is 0 Å². The fourth-order valence-corrected chi connectivity index (χ4v) is 4.07. The Morgan fingerprint density at radius 2 is 1.72 bits per heavy atom. The van der Waals surface area contributed by atoms with Crippen LogP contribution in [0.15, 0.2) is 4.90 Å². The van der Waals surface area contributed by atoms with Crippen LogP contribution < -0.4 is 0 Å². The molecule has 0 N–H and O–H groups in total. The van der Waals surface area contributed by atoms with E-state index >= 15 is 0 Å². The molecule has 5 nitrogen and oxygen atoms in total. The Labute approximate surface area is 107 Å². The number of aryl methyl sites for hydroxylation is 2. The monoisotopic (exact) mass is 275 g/mol. The number of aromatic nitrogens is 2. The van der Waals surface area contributed by atoms with Crippen molar-refractivity contribution in [2.24, 2.45) is 7.05 Å². The third kappa shape index (κ3) is 2.29. The number of hydrogen-bond donors (Lipinski definition) is 0. The third-order valence-corrected chi connectivity index (χ3v) is 5.29. The van der Waals surface area contributed by atoms with E-state index in [-0.39, 0.29) is 10.6 Å². The molecule has 2 rings (SSSR count). The minimum Gasteiger partial charge on any atom is -0.241 e. The van der Waals surface area contributed by atoms with Crippen LogP contribution in [0.2, 0.25) is 0 Å². The summed E-state index contributed by atoms with van der Waals surface area (Å²) in [6.07, 6.45) is 3.72.